The minimum Gasteiger partial charge on any atom is -0.497 e. The molecule has 4 rings (SSSR count). The first-order valence-corrected chi connectivity index (χ1v) is 13.7. The summed E-state index contributed by atoms with van der Waals surface area (Å²) in [6, 6.07) is 13.8. The van der Waals surface area contributed by atoms with Gasteiger partial charge in [-0.2, -0.15) is 0 Å². The van der Waals surface area contributed by atoms with Crippen LogP contribution in [-0.2, 0) is 0 Å². The van der Waals surface area contributed by atoms with E-state index in [-0.39, 0.29) is 12.0 Å². The van der Waals surface area contributed by atoms with Crippen molar-refractivity contribution in [3.8, 4) is 11.5 Å². The maximum atomic E-state index is 11.2. The molecule has 1 unspecified atom stereocenters. The summed E-state index contributed by atoms with van der Waals surface area (Å²) in [5, 5.41) is 22.7. The molecule has 2 N–H and O–H groups in total. The largest absolute Gasteiger partial charge is 0.497 e. The highest BCUT2D eigenvalue weighted by atomic mass is 35.5. The molecule has 0 amide bonds. The number of benzene rings is 2. The molecular formula is C28H35ClN2O4S. The summed E-state index contributed by atoms with van der Waals surface area (Å²) in [7, 11) is 3.30. The van der Waals surface area contributed by atoms with E-state index in [4.69, 9.17) is 21.1 Å². The molecular weight excluding hydrogens is 496 g/mol. The summed E-state index contributed by atoms with van der Waals surface area (Å²) in [6.07, 6.45) is 3.95. The number of hydrogen-bond donors (Lipinski definition) is 2. The van der Waals surface area contributed by atoms with E-state index in [2.05, 4.69) is 22.0 Å². The summed E-state index contributed by atoms with van der Waals surface area (Å²) < 4.78 is 10.7. The maximum Gasteiger partial charge on any atom is 0.119 e. The van der Waals surface area contributed by atoms with Crippen LogP contribution in [0.1, 0.15) is 37.4 Å². The van der Waals surface area contributed by atoms with Gasteiger partial charge in [0.1, 0.15) is 11.5 Å². The van der Waals surface area contributed by atoms with Gasteiger partial charge in [-0.25, -0.2) is 0 Å². The maximum absolute atomic E-state index is 11.2. The number of thioether (sulfide) groups is 1. The predicted molar refractivity (Wildman–Crippen MR) is 146 cm³/mol. The standard InChI is InChI=1S/C28H35ClN2O4S/c1-34-20-4-3-5-22(16-20)36-15-14-31-12-10-28(19-32,11-13-31)9-8-26(33)27-23-17-21(35-2)6-7-25(23)30-18-24(27)29/h3-7,16-18,26,32-33H,8-15,19H2,1-2H3. The van der Waals surface area contributed by atoms with Gasteiger partial charge in [-0.1, -0.05) is 17.7 Å². The quantitative estimate of drug-likeness (QED) is 0.313. The molecule has 0 radical (unpaired) electrons. The fourth-order valence-electron chi connectivity index (χ4n) is 4.94. The molecule has 194 valence electrons. The lowest BCUT2D eigenvalue weighted by Crippen LogP contribution is -2.43. The van der Waals surface area contributed by atoms with Gasteiger partial charge in [0.15, 0.2) is 0 Å². The van der Waals surface area contributed by atoms with Gasteiger partial charge >= 0.3 is 0 Å². The van der Waals surface area contributed by atoms with Crippen molar-refractivity contribution in [3.05, 3.63) is 59.2 Å². The van der Waals surface area contributed by atoms with Crippen molar-refractivity contribution in [1.82, 2.24) is 9.88 Å². The van der Waals surface area contributed by atoms with E-state index >= 15 is 0 Å². The predicted octanol–water partition coefficient (Wildman–Crippen LogP) is 5.59. The Bertz CT molecular complexity index is 1150. The van der Waals surface area contributed by atoms with E-state index < -0.39 is 6.10 Å². The van der Waals surface area contributed by atoms with Crippen molar-refractivity contribution in [2.75, 3.05) is 46.2 Å². The molecule has 0 spiro atoms. The lowest BCUT2D eigenvalue weighted by Gasteiger charge is -2.41. The second kappa shape index (κ2) is 12.5. The third kappa shape index (κ3) is 6.45. The summed E-state index contributed by atoms with van der Waals surface area (Å²) in [6.45, 7) is 3.04. The van der Waals surface area contributed by atoms with Gasteiger partial charge in [0, 0.05) is 40.9 Å². The molecule has 6 nitrogen and oxygen atoms in total. The smallest absolute Gasteiger partial charge is 0.119 e. The van der Waals surface area contributed by atoms with Gasteiger partial charge < -0.3 is 24.6 Å². The number of ether oxygens (including phenoxy) is 2. The summed E-state index contributed by atoms with van der Waals surface area (Å²) in [5.74, 6) is 2.59. The van der Waals surface area contributed by atoms with Crippen LogP contribution in [0.5, 0.6) is 11.5 Å². The molecule has 36 heavy (non-hydrogen) atoms. The number of aliphatic hydroxyl groups is 2. The molecule has 2 heterocycles. The van der Waals surface area contributed by atoms with Gasteiger partial charge in [-0.15, -0.1) is 11.8 Å². The minimum absolute atomic E-state index is 0.130. The van der Waals surface area contributed by atoms with E-state index in [1.807, 2.05) is 42.1 Å². The topological polar surface area (TPSA) is 75.1 Å². The zero-order chi connectivity index (χ0) is 25.5. The van der Waals surface area contributed by atoms with Crippen LogP contribution in [0.4, 0.5) is 0 Å². The highest BCUT2D eigenvalue weighted by molar-refractivity contribution is 7.99. The third-order valence-electron chi connectivity index (χ3n) is 7.32. The Morgan fingerprint density at radius 3 is 2.58 bits per heavy atom. The van der Waals surface area contributed by atoms with Crippen molar-refractivity contribution >= 4 is 34.3 Å². The van der Waals surface area contributed by atoms with Gasteiger partial charge in [-0.3, -0.25) is 4.98 Å². The lowest BCUT2D eigenvalue weighted by atomic mass is 9.74. The number of fused-ring (bicyclic) bond motifs is 1. The van der Waals surface area contributed by atoms with E-state index in [9.17, 15) is 10.2 Å². The van der Waals surface area contributed by atoms with E-state index in [0.29, 0.717) is 22.8 Å². The number of aliphatic hydroxyl groups excluding tert-OH is 2. The van der Waals surface area contributed by atoms with Crippen LogP contribution >= 0.6 is 23.4 Å². The average molecular weight is 531 g/mol. The number of nitrogens with zero attached hydrogens (tertiary/aromatic N) is 2. The fraction of sp³-hybridized carbons (Fsp3) is 0.464. The molecule has 0 aliphatic carbocycles. The minimum atomic E-state index is -0.740. The first kappa shape index (κ1) is 27.0. The lowest BCUT2D eigenvalue weighted by molar-refractivity contribution is 0.0254. The Hall–Kier alpha value is -2.03. The van der Waals surface area contributed by atoms with E-state index in [1.165, 1.54) is 4.90 Å². The summed E-state index contributed by atoms with van der Waals surface area (Å²) in [4.78, 5) is 8.07. The Morgan fingerprint density at radius 1 is 1.11 bits per heavy atom. The first-order chi connectivity index (χ1) is 17.5. The van der Waals surface area contributed by atoms with Gasteiger partial charge in [0.25, 0.3) is 0 Å². The molecule has 3 aromatic rings. The van der Waals surface area contributed by atoms with Crippen molar-refractivity contribution in [3.63, 3.8) is 0 Å². The van der Waals surface area contributed by atoms with Crippen LogP contribution in [0, 0.1) is 5.41 Å². The molecule has 0 bridgehead atoms. The van der Waals surface area contributed by atoms with E-state index in [0.717, 1.165) is 61.3 Å². The van der Waals surface area contributed by atoms with Crippen molar-refractivity contribution in [2.24, 2.45) is 5.41 Å². The number of hydrogen-bond acceptors (Lipinski definition) is 7. The molecule has 1 saturated heterocycles. The van der Waals surface area contributed by atoms with E-state index in [1.54, 1.807) is 20.4 Å². The van der Waals surface area contributed by atoms with Crippen molar-refractivity contribution in [1.29, 1.82) is 0 Å². The van der Waals surface area contributed by atoms with Crippen LogP contribution < -0.4 is 9.47 Å². The second-order valence-electron chi connectivity index (χ2n) is 9.48. The Kier molecular flexibility index (Phi) is 9.36. The Morgan fingerprint density at radius 2 is 1.86 bits per heavy atom. The second-order valence-corrected chi connectivity index (χ2v) is 11.1. The van der Waals surface area contributed by atoms with Gasteiger partial charge in [0.05, 0.1) is 30.9 Å². The van der Waals surface area contributed by atoms with Crippen LogP contribution in [-0.4, -0.2) is 66.3 Å². The highest BCUT2D eigenvalue weighted by Gasteiger charge is 2.34. The Labute approximate surface area is 222 Å². The zero-order valence-corrected chi connectivity index (χ0v) is 22.5. The van der Waals surface area contributed by atoms with Crippen molar-refractivity contribution in [2.45, 2.75) is 36.7 Å². The summed E-state index contributed by atoms with van der Waals surface area (Å²) in [5.41, 5.74) is 1.27. The highest BCUT2D eigenvalue weighted by Crippen LogP contribution is 2.40. The zero-order valence-electron chi connectivity index (χ0n) is 21.0. The van der Waals surface area contributed by atoms with Crippen molar-refractivity contribution < 1.29 is 19.7 Å². The molecule has 1 atom stereocenters. The summed E-state index contributed by atoms with van der Waals surface area (Å²) >= 11 is 8.32. The van der Waals surface area contributed by atoms with Crippen LogP contribution in [0.2, 0.25) is 5.02 Å². The Balaban J connectivity index is 1.32. The molecule has 1 aromatic heterocycles. The first-order valence-electron chi connectivity index (χ1n) is 12.4. The number of pyridine rings is 1. The number of aromatic nitrogens is 1. The molecule has 1 aliphatic heterocycles. The fourth-order valence-corrected chi connectivity index (χ4v) is 6.18. The number of rotatable bonds is 11. The molecule has 1 aliphatic rings. The average Bonchev–Trinajstić information content (AvgIpc) is 2.92. The molecule has 8 heteroatoms. The SMILES string of the molecule is COc1cccc(SCCN2CCC(CO)(CCC(O)c3c(Cl)cnc4ccc(OC)cc34)CC2)c1. The van der Waals surface area contributed by atoms with Gasteiger partial charge in [0.2, 0.25) is 0 Å². The van der Waals surface area contributed by atoms with Crippen LogP contribution in [0.25, 0.3) is 10.9 Å². The monoisotopic (exact) mass is 530 g/mol. The third-order valence-corrected chi connectivity index (χ3v) is 8.59. The number of halogens is 1. The normalized spacial score (nSPS) is 16.7. The molecule has 1 fully saturated rings. The molecule has 2 aromatic carbocycles. The number of piperidine rings is 1. The molecule has 0 saturated carbocycles. The van der Waals surface area contributed by atoms with Crippen LogP contribution in [0.3, 0.4) is 0 Å². The van der Waals surface area contributed by atoms with Gasteiger partial charge in [-0.05, 0) is 80.6 Å². The van der Waals surface area contributed by atoms with Crippen LogP contribution in [0.15, 0.2) is 53.6 Å². The number of likely N-dealkylation sites (tertiary alicyclic amines) is 1. The number of methoxy groups -OCH3 is 2.